The second-order valence-corrected chi connectivity index (χ2v) is 7.76. The van der Waals surface area contributed by atoms with Gasteiger partial charge in [0.25, 0.3) is 5.91 Å². The van der Waals surface area contributed by atoms with Crippen molar-refractivity contribution in [3.8, 4) is 11.1 Å². The fourth-order valence-electron chi connectivity index (χ4n) is 3.73. The number of hydrogen-bond donors (Lipinski definition) is 1. The van der Waals surface area contributed by atoms with Gasteiger partial charge in [-0.1, -0.05) is 48.0 Å². The molecule has 0 saturated carbocycles. The summed E-state index contributed by atoms with van der Waals surface area (Å²) in [5.41, 5.74) is 3.91. The number of carbonyl (C=O) groups excluding carboxylic acids is 1. The van der Waals surface area contributed by atoms with E-state index in [2.05, 4.69) is 44.5 Å². The Labute approximate surface area is 175 Å². The Morgan fingerprint density at radius 1 is 1.07 bits per heavy atom. The molecule has 148 valence electrons. The molecule has 4 rings (SSSR count). The molecular formula is C23H23ClN4O. The number of aromatic nitrogens is 2. The van der Waals surface area contributed by atoms with Crippen LogP contribution in [0.5, 0.6) is 0 Å². The van der Waals surface area contributed by atoms with Crippen LogP contribution in [0.25, 0.3) is 11.1 Å². The fraction of sp³-hybridized carbons (Fsp3) is 0.261. The average Bonchev–Trinajstić information content (AvgIpc) is 2.75. The molecule has 1 aromatic heterocycles. The Bertz CT molecular complexity index is 962. The van der Waals surface area contributed by atoms with Crippen LogP contribution in [0.4, 0.5) is 0 Å². The van der Waals surface area contributed by atoms with Crippen LogP contribution in [0.15, 0.2) is 67.3 Å². The number of halogens is 1. The van der Waals surface area contributed by atoms with Crippen molar-refractivity contribution in [2.24, 2.45) is 0 Å². The number of amides is 1. The number of carbonyl (C=O) groups is 1. The van der Waals surface area contributed by atoms with E-state index in [0.717, 1.165) is 43.6 Å². The molecule has 0 spiro atoms. The van der Waals surface area contributed by atoms with E-state index in [-0.39, 0.29) is 11.9 Å². The number of benzene rings is 2. The van der Waals surface area contributed by atoms with Crippen LogP contribution >= 0.6 is 11.6 Å². The predicted octanol–water partition coefficient (Wildman–Crippen LogP) is 4.19. The second kappa shape index (κ2) is 9.16. The fourth-order valence-corrected chi connectivity index (χ4v) is 3.96. The highest BCUT2D eigenvalue weighted by Gasteiger charge is 2.22. The number of rotatable bonds is 5. The van der Waals surface area contributed by atoms with Crippen molar-refractivity contribution in [2.45, 2.75) is 25.4 Å². The van der Waals surface area contributed by atoms with Crippen molar-refractivity contribution < 1.29 is 4.79 Å². The van der Waals surface area contributed by atoms with E-state index < -0.39 is 0 Å². The average molecular weight is 407 g/mol. The standard InChI is InChI=1S/C23H23ClN4O/c24-22-6-2-1-5-21(22)23(29)27-20-4-3-11-28(15-20)14-17-7-9-18(10-8-17)19-12-25-16-26-13-19/h1-2,5-10,12-13,16,20H,3-4,11,14-15H2,(H,27,29). The van der Waals surface area contributed by atoms with Crippen LogP contribution in [-0.2, 0) is 6.54 Å². The number of hydrogen-bond acceptors (Lipinski definition) is 4. The summed E-state index contributed by atoms with van der Waals surface area (Å²) in [7, 11) is 0. The lowest BCUT2D eigenvalue weighted by atomic mass is 10.0. The van der Waals surface area contributed by atoms with Gasteiger partial charge >= 0.3 is 0 Å². The molecule has 0 bridgehead atoms. The van der Waals surface area contributed by atoms with Crippen LogP contribution in [0.3, 0.4) is 0 Å². The van der Waals surface area contributed by atoms with Crippen LogP contribution in [0.2, 0.25) is 5.02 Å². The third-order valence-corrected chi connectivity index (χ3v) is 5.54. The van der Waals surface area contributed by atoms with E-state index in [1.807, 2.05) is 24.5 Å². The lowest BCUT2D eigenvalue weighted by Gasteiger charge is -2.33. The molecule has 2 heterocycles. The van der Waals surface area contributed by atoms with E-state index in [1.54, 1.807) is 12.1 Å². The molecule has 1 saturated heterocycles. The second-order valence-electron chi connectivity index (χ2n) is 7.35. The molecule has 1 N–H and O–H groups in total. The first-order valence-electron chi connectivity index (χ1n) is 9.81. The third kappa shape index (κ3) is 5.00. The number of likely N-dealkylation sites (tertiary alicyclic amines) is 1. The molecular weight excluding hydrogens is 384 g/mol. The van der Waals surface area contributed by atoms with Crippen molar-refractivity contribution in [3.63, 3.8) is 0 Å². The van der Waals surface area contributed by atoms with Gasteiger partial charge < -0.3 is 5.32 Å². The highest BCUT2D eigenvalue weighted by molar-refractivity contribution is 6.33. The molecule has 3 aromatic rings. The minimum atomic E-state index is -0.100. The molecule has 1 aliphatic heterocycles. The zero-order valence-corrected chi connectivity index (χ0v) is 16.8. The van der Waals surface area contributed by atoms with Gasteiger partial charge in [0.05, 0.1) is 10.6 Å². The molecule has 0 radical (unpaired) electrons. The van der Waals surface area contributed by atoms with Crippen LogP contribution < -0.4 is 5.32 Å². The summed E-state index contributed by atoms with van der Waals surface area (Å²) in [6.45, 7) is 2.74. The van der Waals surface area contributed by atoms with Gasteiger partial charge in [0.15, 0.2) is 0 Å². The van der Waals surface area contributed by atoms with E-state index in [0.29, 0.717) is 10.6 Å². The summed E-state index contributed by atoms with van der Waals surface area (Å²) in [5.74, 6) is -0.100. The normalized spacial score (nSPS) is 17.1. The summed E-state index contributed by atoms with van der Waals surface area (Å²) in [4.78, 5) is 23.1. The quantitative estimate of drug-likeness (QED) is 0.690. The maximum Gasteiger partial charge on any atom is 0.253 e. The first-order valence-corrected chi connectivity index (χ1v) is 10.2. The maximum absolute atomic E-state index is 12.5. The lowest BCUT2D eigenvalue weighted by molar-refractivity contribution is 0.0901. The molecule has 5 nitrogen and oxygen atoms in total. The summed E-state index contributed by atoms with van der Waals surface area (Å²) in [6.07, 6.45) is 7.22. The van der Waals surface area contributed by atoms with E-state index in [4.69, 9.17) is 11.6 Å². The SMILES string of the molecule is O=C(NC1CCCN(Cc2ccc(-c3cncnc3)cc2)C1)c1ccccc1Cl. The van der Waals surface area contributed by atoms with E-state index in [9.17, 15) is 4.79 Å². The number of piperidine rings is 1. The minimum Gasteiger partial charge on any atom is -0.348 e. The van der Waals surface area contributed by atoms with Crippen molar-refractivity contribution in [1.82, 2.24) is 20.2 Å². The summed E-state index contributed by atoms with van der Waals surface area (Å²) in [6, 6.07) is 15.8. The lowest BCUT2D eigenvalue weighted by Crippen LogP contribution is -2.47. The topological polar surface area (TPSA) is 58.1 Å². The Morgan fingerprint density at radius 3 is 2.59 bits per heavy atom. The predicted molar refractivity (Wildman–Crippen MR) is 115 cm³/mol. The van der Waals surface area contributed by atoms with Gasteiger partial charge in [-0.25, -0.2) is 9.97 Å². The van der Waals surface area contributed by atoms with Crippen molar-refractivity contribution in [2.75, 3.05) is 13.1 Å². The summed E-state index contributed by atoms with van der Waals surface area (Å²) >= 11 is 6.15. The molecule has 0 aliphatic carbocycles. The largest absolute Gasteiger partial charge is 0.348 e. The van der Waals surface area contributed by atoms with Gasteiger partial charge in [0.1, 0.15) is 6.33 Å². The zero-order chi connectivity index (χ0) is 20.1. The molecule has 6 heteroatoms. The van der Waals surface area contributed by atoms with Gasteiger partial charge in [0, 0.05) is 37.1 Å². The molecule has 2 aromatic carbocycles. The molecule has 1 fully saturated rings. The van der Waals surface area contributed by atoms with Crippen LogP contribution in [-0.4, -0.2) is 39.9 Å². The minimum absolute atomic E-state index is 0.100. The number of nitrogens with zero attached hydrogens (tertiary/aromatic N) is 3. The van der Waals surface area contributed by atoms with E-state index >= 15 is 0 Å². The summed E-state index contributed by atoms with van der Waals surface area (Å²) < 4.78 is 0. The van der Waals surface area contributed by atoms with Crippen molar-refractivity contribution in [1.29, 1.82) is 0 Å². The first kappa shape index (κ1) is 19.6. The molecule has 1 amide bonds. The molecule has 1 aliphatic rings. The van der Waals surface area contributed by atoms with Gasteiger partial charge in [-0.2, -0.15) is 0 Å². The Balaban J connectivity index is 1.35. The highest BCUT2D eigenvalue weighted by Crippen LogP contribution is 2.20. The third-order valence-electron chi connectivity index (χ3n) is 5.21. The Kier molecular flexibility index (Phi) is 6.17. The Hall–Kier alpha value is -2.76. The molecule has 29 heavy (non-hydrogen) atoms. The van der Waals surface area contributed by atoms with Crippen molar-refractivity contribution in [3.05, 3.63) is 83.4 Å². The summed E-state index contributed by atoms with van der Waals surface area (Å²) in [5, 5.41) is 3.63. The monoisotopic (exact) mass is 406 g/mol. The first-order chi connectivity index (χ1) is 14.2. The number of nitrogens with one attached hydrogen (secondary N) is 1. The van der Waals surface area contributed by atoms with Gasteiger partial charge in [-0.3, -0.25) is 9.69 Å². The maximum atomic E-state index is 12.5. The van der Waals surface area contributed by atoms with Gasteiger partial charge in [-0.05, 0) is 42.6 Å². The van der Waals surface area contributed by atoms with Gasteiger partial charge in [-0.15, -0.1) is 0 Å². The molecule has 1 unspecified atom stereocenters. The van der Waals surface area contributed by atoms with Crippen LogP contribution in [0, 0.1) is 0 Å². The van der Waals surface area contributed by atoms with Crippen LogP contribution in [0.1, 0.15) is 28.8 Å². The Morgan fingerprint density at radius 2 is 1.83 bits per heavy atom. The smallest absolute Gasteiger partial charge is 0.253 e. The van der Waals surface area contributed by atoms with Gasteiger partial charge in [0.2, 0.25) is 0 Å². The zero-order valence-electron chi connectivity index (χ0n) is 16.1. The van der Waals surface area contributed by atoms with E-state index in [1.165, 1.54) is 11.9 Å². The molecule has 1 atom stereocenters. The highest BCUT2D eigenvalue weighted by atomic mass is 35.5. The van der Waals surface area contributed by atoms with Crippen molar-refractivity contribution >= 4 is 17.5 Å².